The summed E-state index contributed by atoms with van der Waals surface area (Å²) in [4.78, 5) is 21.3. The highest BCUT2D eigenvalue weighted by atomic mass is 16.5. The topological polar surface area (TPSA) is 93.4 Å². The van der Waals surface area contributed by atoms with Crippen LogP contribution in [-0.2, 0) is 16.6 Å². The van der Waals surface area contributed by atoms with Gasteiger partial charge in [0.15, 0.2) is 5.65 Å². The normalized spacial score (nSPS) is 16.5. The maximum absolute atomic E-state index is 10.5. The van der Waals surface area contributed by atoms with Crippen LogP contribution >= 0.6 is 0 Å². The summed E-state index contributed by atoms with van der Waals surface area (Å²) in [7, 11) is 1.85. The number of nitrogens with zero attached hydrogens (tertiary/aromatic N) is 5. The van der Waals surface area contributed by atoms with Gasteiger partial charge in [-0.05, 0) is 12.8 Å². The van der Waals surface area contributed by atoms with Gasteiger partial charge in [0.05, 0.1) is 17.7 Å². The number of fused-ring (bicyclic) bond motifs is 1. The molecule has 2 aromatic heterocycles. The van der Waals surface area contributed by atoms with E-state index in [1.165, 1.54) is 0 Å². The molecule has 112 valence electrons. The zero-order valence-corrected chi connectivity index (χ0v) is 11.8. The number of ether oxygens (including phenoxy) is 1. The minimum atomic E-state index is -0.926. The molecule has 8 nitrogen and oxygen atoms in total. The molecule has 0 saturated carbocycles. The van der Waals surface area contributed by atoms with Crippen molar-refractivity contribution in [3.8, 4) is 0 Å². The standard InChI is InChI=1S/C13H17N5O3/c1-17-12-10(6-16-17)13(15-8-14-12)18-4-2-9(3-5-18)21-7-11(19)20/h6,8-9H,2-5,7H2,1H3,(H,19,20). The van der Waals surface area contributed by atoms with E-state index in [9.17, 15) is 4.79 Å². The van der Waals surface area contributed by atoms with E-state index >= 15 is 0 Å². The van der Waals surface area contributed by atoms with Crippen LogP contribution in [0.5, 0.6) is 0 Å². The van der Waals surface area contributed by atoms with Crippen LogP contribution in [-0.4, -0.2) is 56.6 Å². The molecule has 0 aliphatic carbocycles. The van der Waals surface area contributed by atoms with Crippen molar-refractivity contribution in [1.82, 2.24) is 19.7 Å². The van der Waals surface area contributed by atoms with E-state index in [4.69, 9.17) is 9.84 Å². The molecule has 0 spiro atoms. The Morgan fingerprint density at radius 1 is 1.43 bits per heavy atom. The fraction of sp³-hybridized carbons (Fsp3) is 0.538. The number of carboxylic acids is 1. The number of rotatable bonds is 4. The largest absolute Gasteiger partial charge is 0.480 e. The SMILES string of the molecule is Cn1ncc2c(N3CCC(OCC(=O)O)CC3)ncnc21. The molecule has 1 saturated heterocycles. The van der Waals surface area contributed by atoms with Gasteiger partial charge >= 0.3 is 5.97 Å². The Labute approximate surface area is 121 Å². The first kappa shape index (κ1) is 13.7. The fourth-order valence-corrected chi connectivity index (χ4v) is 2.63. The molecule has 1 N–H and O–H groups in total. The van der Waals surface area contributed by atoms with Crippen molar-refractivity contribution in [1.29, 1.82) is 0 Å². The third-order valence-corrected chi connectivity index (χ3v) is 3.69. The molecule has 0 atom stereocenters. The predicted octanol–water partition coefficient (Wildman–Crippen LogP) is 0.433. The lowest BCUT2D eigenvalue weighted by molar-refractivity contribution is -0.144. The second-order valence-electron chi connectivity index (χ2n) is 5.09. The Bertz CT molecular complexity index is 648. The van der Waals surface area contributed by atoms with Crippen molar-refractivity contribution in [2.45, 2.75) is 18.9 Å². The first-order valence-corrected chi connectivity index (χ1v) is 6.86. The smallest absolute Gasteiger partial charge is 0.329 e. The van der Waals surface area contributed by atoms with Crippen LogP contribution in [0.15, 0.2) is 12.5 Å². The number of hydrogen-bond donors (Lipinski definition) is 1. The number of aliphatic carboxylic acids is 1. The molecular weight excluding hydrogens is 274 g/mol. The summed E-state index contributed by atoms with van der Waals surface area (Å²) in [6.45, 7) is 1.33. The van der Waals surface area contributed by atoms with Crippen LogP contribution in [0.4, 0.5) is 5.82 Å². The van der Waals surface area contributed by atoms with Gasteiger partial charge in [-0.1, -0.05) is 0 Å². The third kappa shape index (κ3) is 2.80. The average molecular weight is 291 g/mol. The number of piperidine rings is 1. The summed E-state index contributed by atoms with van der Waals surface area (Å²) >= 11 is 0. The number of hydrogen-bond acceptors (Lipinski definition) is 6. The van der Waals surface area contributed by atoms with E-state index in [2.05, 4.69) is 20.0 Å². The lowest BCUT2D eigenvalue weighted by Gasteiger charge is -2.32. The maximum atomic E-state index is 10.5. The highest BCUT2D eigenvalue weighted by molar-refractivity contribution is 5.86. The van der Waals surface area contributed by atoms with Crippen molar-refractivity contribution in [3.05, 3.63) is 12.5 Å². The number of aryl methyl sites for hydroxylation is 1. The summed E-state index contributed by atoms with van der Waals surface area (Å²) < 4.78 is 7.07. The van der Waals surface area contributed by atoms with Gasteiger partial charge in [0.2, 0.25) is 0 Å². The Kier molecular flexibility index (Phi) is 3.70. The molecule has 1 aliphatic rings. The first-order chi connectivity index (χ1) is 10.1. The van der Waals surface area contributed by atoms with Crippen LogP contribution in [0.3, 0.4) is 0 Å². The predicted molar refractivity (Wildman–Crippen MR) is 75.1 cm³/mol. The van der Waals surface area contributed by atoms with Gasteiger partial charge in [-0.25, -0.2) is 14.8 Å². The van der Waals surface area contributed by atoms with Crippen molar-refractivity contribution in [2.24, 2.45) is 7.05 Å². The molecule has 2 aromatic rings. The zero-order valence-electron chi connectivity index (χ0n) is 11.8. The highest BCUT2D eigenvalue weighted by Gasteiger charge is 2.23. The number of carbonyl (C=O) groups is 1. The number of aromatic nitrogens is 4. The van der Waals surface area contributed by atoms with E-state index in [-0.39, 0.29) is 12.7 Å². The minimum Gasteiger partial charge on any atom is -0.480 e. The van der Waals surface area contributed by atoms with Gasteiger partial charge in [-0.3, -0.25) is 4.68 Å². The molecule has 0 radical (unpaired) electrons. The Balaban J connectivity index is 1.70. The van der Waals surface area contributed by atoms with E-state index in [0.29, 0.717) is 0 Å². The lowest BCUT2D eigenvalue weighted by atomic mass is 10.1. The van der Waals surface area contributed by atoms with Crippen LogP contribution in [0.2, 0.25) is 0 Å². The summed E-state index contributed by atoms with van der Waals surface area (Å²) in [5.41, 5.74) is 0.809. The molecule has 3 rings (SSSR count). The van der Waals surface area contributed by atoms with Gasteiger partial charge in [0.1, 0.15) is 18.8 Å². The minimum absolute atomic E-state index is 0.00331. The molecule has 3 heterocycles. The molecule has 0 aromatic carbocycles. The van der Waals surface area contributed by atoms with E-state index in [0.717, 1.165) is 42.8 Å². The molecule has 0 bridgehead atoms. The third-order valence-electron chi connectivity index (χ3n) is 3.69. The molecular formula is C13H17N5O3. The van der Waals surface area contributed by atoms with Crippen molar-refractivity contribution in [2.75, 3.05) is 24.6 Å². The highest BCUT2D eigenvalue weighted by Crippen LogP contribution is 2.25. The Morgan fingerprint density at radius 3 is 2.90 bits per heavy atom. The van der Waals surface area contributed by atoms with Gasteiger partial charge in [0, 0.05) is 20.1 Å². The number of carboxylic acid groups (broad SMARTS) is 1. The summed E-state index contributed by atoms with van der Waals surface area (Å²) in [5.74, 6) is -0.0462. The maximum Gasteiger partial charge on any atom is 0.329 e. The quantitative estimate of drug-likeness (QED) is 0.873. The first-order valence-electron chi connectivity index (χ1n) is 6.86. The van der Waals surface area contributed by atoms with Crippen molar-refractivity contribution >= 4 is 22.8 Å². The second-order valence-corrected chi connectivity index (χ2v) is 5.09. The van der Waals surface area contributed by atoms with Crippen molar-refractivity contribution in [3.63, 3.8) is 0 Å². The van der Waals surface area contributed by atoms with Gasteiger partial charge in [-0.15, -0.1) is 0 Å². The summed E-state index contributed by atoms with van der Waals surface area (Å²) in [6.07, 6.45) is 4.91. The summed E-state index contributed by atoms with van der Waals surface area (Å²) in [5, 5.41) is 13.8. The summed E-state index contributed by atoms with van der Waals surface area (Å²) in [6, 6.07) is 0. The fourth-order valence-electron chi connectivity index (χ4n) is 2.63. The van der Waals surface area contributed by atoms with Crippen LogP contribution in [0, 0.1) is 0 Å². The molecule has 21 heavy (non-hydrogen) atoms. The van der Waals surface area contributed by atoms with Gasteiger partial charge < -0.3 is 14.7 Å². The van der Waals surface area contributed by atoms with E-state index in [1.807, 2.05) is 7.05 Å². The number of anilines is 1. The van der Waals surface area contributed by atoms with Crippen molar-refractivity contribution < 1.29 is 14.6 Å². The molecule has 0 amide bonds. The molecule has 0 unspecified atom stereocenters. The lowest BCUT2D eigenvalue weighted by Crippen LogP contribution is -2.38. The zero-order chi connectivity index (χ0) is 14.8. The average Bonchev–Trinajstić information content (AvgIpc) is 2.87. The van der Waals surface area contributed by atoms with Gasteiger partial charge in [0.25, 0.3) is 0 Å². The van der Waals surface area contributed by atoms with Crippen LogP contribution in [0.1, 0.15) is 12.8 Å². The van der Waals surface area contributed by atoms with Crippen LogP contribution in [0.25, 0.3) is 11.0 Å². The van der Waals surface area contributed by atoms with Gasteiger partial charge in [-0.2, -0.15) is 5.10 Å². The van der Waals surface area contributed by atoms with Crippen LogP contribution < -0.4 is 4.90 Å². The van der Waals surface area contributed by atoms with E-state index in [1.54, 1.807) is 17.2 Å². The molecule has 1 fully saturated rings. The monoisotopic (exact) mass is 291 g/mol. The Hall–Kier alpha value is -2.22. The Morgan fingerprint density at radius 2 is 2.19 bits per heavy atom. The second kappa shape index (κ2) is 5.65. The molecule has 1 aliphatic heterocycles. The van der Waals surface area contributed by atoms with E-state index < -0.39 is 5.97 Å². The molecule has 8 heteroatoms.